The molecule has 0 saturated carbocycles. The fourth-order valence-electron chi connectivity index (χ4n) is 4.32. The summed E-state index contributed by atoms with van der Waals surface area (Å²) < 4.78 is 2.03. The molecule has 1 N–H and O–H groups in total. The van der Waals surface area contributed by atoms with E-state index in [1.807, 2.05) is 6.07 Å². The van der Waals surface area contributed by atoms with Crippen LogP contribution in [0.15, 0.2) is 22.7 Å². The molecule has 3 rings (SSSR count). The number of quaternary nitrogens is 1. The van der Waals surface area contributed by atoms with Crippen molar-refractivity contribution in [2.45, 2.75) is 44.9 Å². The Kier molecular flexibility index (Phi) is 4.88. The summed E-state index contributed by atoms with van der Waals surface area (Å²) in [6.07, 6.45) is 8.27. The van der Waals surface area contributed by atoms with Crippen molar-refractivity contribution in [1.29, 1.82) is 0 Å². The Balaban J connectivity index is 2.04. The number of hydrogen-bond donors (Lipinski definition) is 1. The average Bonchev–Trinajstić information content (AvgIpc) is 2.60. The van der Waals surface area contributed by atoms with Gasteiger partial charge in [-0.15, -0.1) is 0 Å². The van der Waals surface area contributed by atoms with Gasteiger partial charge in [-0.2, -0.15) is 0 Å². The monoisotopic (exact) mass is 366 g/mol. The first-order valence-electron chi connectivity index (χ1n) is 8.49. The summed E-state index contributed by atoms with van der Waals surface area (Å²) in [4.78, 5) is 11.7. The van der Waals surface area contributed by atoms with Crippen LogP contribution in [0.3, 0.4) is 0 Å². The molecule has 0 aliphatic carbocycles. The molecule has 1 unspecified atom stereocenters. The first kappa shape index (κ1) is 16.0. The van der Waals surface area contributed by atoms with Crippen molar-refractivity contribution in [3.8, 4) is 0 Å². The van der Waals surface area contributed by atoms with Crippen LogP contribution in [0.2, 0.25) is 0 Å². The van der Waals surface area contributed by atoms with Crippen LogP contribution in [0.1, 0.15) is 44.1 Å². The van der Waals surface area contributed by atoms with Crippen molar-refractivity contribution in [2.24, 2.45) is 5.92 Å². The molecule has 0 amide bonds. The molecule has 0 aromatic heterocycles. The second kappa shape index (κ2) is 6.71. The minimum Gasteiger partial charge on any atom is -0.481 e. The van der Waals surface area contributed by atoms with Gasteiger partial charge in [-0.3, -0.25) is 9.28 Å². The molecule has 1 atom stereocenters. The molecule has 1 saturated heterocycles. The highest BCUT2D eigenvalue weighted by Gasteiger charge is 2.43. The Morgan fingerprint density at radius 1 is 1.09 bits per heavy atom. The van der Waals surface area contributed by atoms with E-state index in [2.05, 4.69) is 28.1 Å². The zero-order chi connectivity index (χ0) is 15.6. The summed E-state index contributed by atoms with van der Waals surface area (Å²) >= 11 is 3.75. The number of carboxylic acids is 1. The van der Waals surface area contributed by atoms with Gasteiger partial charge in [0.05, 0.1) is 24.1 Å². The number of carboxylic acid groups (broad SMARTS) is 1. The zero-order valence-electron chi connectivity index (χ0n) is 13.1. The van der Waals surface area contributed by atoms with Crippen LogP contribution in [0.5, 0.6) is 0 Å². The zero-order valence-corrected chi connectivity index (χ0v) is 14.6. The van der Waals surface area contributed by atoms with E-state index in [9.17, 15) is 9.90 Å². The number of fused-ring (bicyclic) bond motifs is 2. The van der Waals surface area contributed by atoms with Crippen molar-refractivity contribution in [3.63, 3.8) is 0 Å². The van der Waals surface area contributed by atoms with Gasteiger partial charge in [0.15, 0.2) is 0 Å². The largest absolute Gasteiger partial charge is 0.481 e. The van der Waals surface area contributed by atoms with Gasteiger partial charge >= 0.3 is 5.97 Å². The predicted molar refractivity (Wildman–Crippen MR) is 93.1 cm³/mol. The summed E-state index contributed by atoms with van der Waals surface area (Å²) in [5, 5.41) is 9.61. The van der Waals surface area contributed by atoms with Crippen LogP contribution in [0.25, 0.3) is 0 Å². The highest BCUT2D eigenvalue weighted by Crippen LogP contribution is 2.42. The van der Waals surface area contributed by atoms with Crippen LogP contribution < -0.4 is 4.48 Å². The lowest BCUT2D eigenvalue weighted by atomic mass is 9.89. The van der Waals surface area contributed by atoms with Gasteiger partial charge < -0.3 is 5.11 Å². The van der Waals surface area contributed by atoms with E-state index in [4.69, 9.17) is 0 Å². The second-order valence-corrected chi connectivity index (χ2v) is 7.74. The van der Waals surface area contributed by atoms with E-state index in [1.165, 1.54) is 49.8 Å². The normalized spacial score (nSPS) is 24.9. The highest BCUT2D eigenvalue weighted by molar-refractivity contribution is 9.10. The minimum absolute atomic E-state index is 0.248. The number of para-hydroxylation sites is 1. The Bertz CT molecular complexity index is 548. The maximum Gasteiger partial charge on any atom is 0.312 e. The topological polar surface area (TPSA) is 37.3 Å². The molecule has 0 radical (unpaired) electrons. The lowest BCUT2D eigenvalue weighted by Crippen LogP contribution is -2.57. The molecule has 2 heterocycles. The molecule has 1 fully saturated rings. The van der Waals surface area contributed by atoms with Crippen LogP contribution in [-0.4, -0.2) is 30.7 Å². The van der Waals surface area contributed by atoms with Crippen LogP contribution in [-0.2, 0) is 11.2 Å². The fraction of sp³-hybridized carbons (Fsp3) is 0.611. The Labute approximate surface area is 141 Å². The summed E-state index contributed by atoms with van der Waals surface area (Å²) in [5.74, 6) is -0.884. The maximum absolute atomic E-state index is 11.7. The number of aliphatic carboxylic acids is 1. The molecule has 4 heteroatoms. The Hall–Kier alpha value is -0.870. The minimum atomic E-state index is -0.636. The first-order chi connectivity index (χ1) is 10.6. The SMILES string of the molecule is O=C(O)C1Cc2cccc(Br)c2[N+]2(CCCCCCCC2)C1. The standard InChI is InChI=1S/C18H24BrNO2/c19-16-9-7-8-14-12-15(18(21)22)13-20(17(14)16)10-5-3-1-2-4-6-11-20/h7-9,15H,1-6,10-13H2/p+1. The molecule has 1 spiro atoms. The number of nitrogens with zero attached hydrogens (tertiary/aromatic N) is 1. The third-order valence-electron chi connectivity index (χ3n) is 5.35. The maximum atomic E-state index is 11.7. The van der Waals surface area contributed by atoms with Gasteiger partial charge in [-0.05, 0) is 54.1 Å². The number of halogens is 1. The van der Waals surface area contributed by atoms with Crippen molar-refractivity contribution < 1.29 is 9.90 Å². The molecule has 0 bridgehead atoms. The second-order valence-electron chi connectivity index (χ2n) is 6.88. The Morgan fingerprint density at radius 3 is 2.36 bits per heavy atom. The number of rotatable bonds is 1. The van der Waals surface area contributed by atoms with Crippen molar-refractivity contribution in [2.75, 3.05) is 19.6 Å². The number of benzene rings is 1. The van der Waals surface area contributed by atoms with E-state index in [1.54, 1.807) is 0 Å². The van der Waals surface area contributed by atoms with E-state index >= 15 is 0 Å². The molecule has 120 valence electrons. The van der Waals surface area contributed by atoms with Crippen LogP contribution >= 0.6 is 15.9 Å². The third kappa shape index (κ3) is 3.09. The molecule has 1 aromatic carbocycles. The van der Waals surface area contributed by atoms with Gasteiger partial charge in [0.1, 0.15) is 11.6 Å². The lowest BCUT2D eigenvalue weighted by molar-refractivity contribution is -0.142. The van der Waals surface area contributed by atoms with Crippen LogP contribution in [0, 0.1) is 5.92 Å². The number of hydrogen-bond acceptors (Lipinski definition) is 1. The Morgan fingerprint density at radius 2 is 1.73 bits per heavy atom. The lowest BCUT2D eigenvalue weighted by Gasteiger charge is -2.44. The van der Waals surface area contributed by atoms with Gasteiger partial charge in [0, 0.05) is 5.56 Å². The van der Waals surface area contributed by atoms with Gasteiger partial charge in [-0.1, -0.05) is 25.0 Å². The van der Waals surface area contributed by atoms with E-state index in [0.29, 0.717) is 6.42 Å². The molecular formula is C18H25BrNO2+. The van der Waals surface area contributed by atoms with Gasteiger partial charge in [0.2, 0.25) is 0 Å². The van der Waals surface area contributed by atoms with Crippen molar-refractivity contribution in [3.05, 3.63) is 28.2 Å². The van der Waals surface area contributed by atoms with E-state index in [-0.39, 0.29) is 5.92 Å². The third-order valence-corrected chi connectivity index (χ3v) is 5.99. The van der Waals surface area contributed by atoms with Gasteiger partial charge in [-0.25, -0.2) is 0 Å². The quantitative estimate of drug-likeness (QED) is 0.749. The molecule has 1 aromatic rings. The summed E-state index contributed by atoms with van der Waals surface area (Å²) in [6, 6.07) is 6.29. The predicted octanol–water partition coefficient (Wildman–Crippen LogP) is 4.37. The molecule has 2 aliphatic heterocycles. The van der Waals surface area contributed by atoms with Gasteiger partial charge in [0.25, 0.3) is 0 Å². The fourth-order valence-corrected chi connectivity index (χ4v) is 5.10. The average molecular weight is 367 g/mol. The first-order valence-corrected chi connectivity index (χ1v) is 9.28. The van der Waals surface area contributed by atoms with E-state index in [0.717, 1.165) is 28.6 Å². The molecule has 3 nitrogen and oxygen atoms in total. The molecular weight excluding hydrogens is 342 g/mol. The molecule has 2 aliphatic rings. The van der Waals surface area contributed by atoms with E-state index < -0.39 is 5.97 Å². The summed E-state index contributed by atoms with van der Waals surface area (Å²) in [5.41, 5.74) is 2.59. The number of carbonyl (C=O) groups is 1. The molecule has 22 heavy (non-hydrogen) atoms. The van der Waals surface area contributed by atoms with Crippen molar-refractivity contribution >= 4 is 27.6 Å². The summed E-state index contributed by atoms with van der Waals surface area (Å²) in [7, 11) is 0. The smallest absolute Gasteiger partial charge is 0.312 e. The van der Waals surface area contributed by atoms with Crippen molar-refractivity contribution in [1.82, 2.24) is 4.48 Å². The van der Waals surface area contributed by atoms with Crippen LogP contribution in [0.4, 0.5) is 5.69 Å². The summed E-state index contributed by atoms with van der Waals surface area (Å²) in [6.45, 7) is 2.92. The highest BCUT2D eigenvalue weighted by atomic mass is 79.9.